The number of benzene rings is 2. The van der Waals surface area contributed by atoms with E-state index in [0.717, 1.165) is 34.1 Å². The lowest BCUT2D eigenvalue weighted by molar-refractivity contribution is 0.483. The summed E-state index contributed by atoms with van der Waals surface area (Å²) in [4.78, 5) is 8.90. The zero-order valence-corrected chi connectivity index (χ0v) is 15.1. The Labute approximate surface area is 157 Å². The summed E-state index contributed by atoms with van der Waals surface area (Å²) in [5, 5.41) is 7.59. The van der Waals surface area contributed by atoms with E-state index in [0.29, 0.717) is 5.95 Å². The Hall–Kier alpha value is -3.67. The molecule has 2 heterocycles. The largest absolute Gasteiger partial charge is 0.457 e. The summed E-state index contributed by atoms with van der Waals surface area (Å²) in [6.45, 7) is 1.97. The van der Waals surface area contributed by atoms with Crippen LogP contribution >= 0.6 is 0 Å². The number of nitrogens with one attached hydrogen (secondary N) is 1. The Balaban J connectivity index is 1.49. The highest BCUT2D eigenvalue weighted by atomic mass is 16.5. The van der Waals surface area contributed by atoms with Gasteiger partial charge >= 0.3 is 0 Å². The average Bonchev–Trinajstić information content (AvgIpc) is 3.03. The van der Waals surface area contributed by atoms with Crippen LogP contribution in [0.1, 0.15) is 5.69 Å². The molecule has 4 aromatic rings. The summed E-state index contributed by atoms with van der Waals surface area (Å²) in [6.07, 6.45) is 3.70. The van der Waals surface area contributed by atoms with Gasteiger partial charge in [-0.05, 0) is 49.4 Å². The summed E-state index contributed by atoms with van der Waals surface area (Å²) in [5.41, 5.74) is 3.65. The maximum absolute atomic E-state index is 5.81. The third-order valence-corrected chi connectivity index (χ3v) is 4.03. The van der Waals surface area contributed by atoms with E-state index in [1.165, 1.54) is 0 Å². The molecule has 0 fully saturated rings. The normalized spacial score (nSPS) is 10.6. The van der Waals surface area contributed by atoms with Crippen molar-refractivity contribution in [3.8, 4) is 22.8 Å². The number of nitrogens with zero attached hydrogens (tertiary/aromatic N) is 4. The number of para-hydroxylation sites is 1. The zero-order valence-electron chi connectivity index (χ0n) is 15.1. The molecule has 0 aliphatic heterocycles. The van der Waals surface area contributed by atoms with Crippen LogP contribution in [0.2, 0.25) is 0 Å². The predicted molar refractivity (Wildman–Crippen MR) is 105 cm³/mol. The molecule has 2 aromatic carbocycles. The fourth-order valence-electron chi connectivity index (χ4n) is 2.78. The topological polar surface area (TPSA) is 64.9 Å². The number of ether oxygens (including phenoxy) is 1. The van der Waals surface area contributed by atoms with Gasteiger partial charge < -0.3 is 10.1 Å². The van der Waals surface area contributed by atoms with Crippen molar-refractivity contribution in [1.82, 2.24) is 19.7 Å². The fourth-order valence-corrected chi connectivity index (χ4v) is 2.78. The third-order valence-electron chi connectivity index (χ3n) is 4.03. The Bertz CT molecular complexity index is 1040. The Kier molecular flexibility index (Phi) is 4.53. The molecular formula is C21H19N5O. The summed E-state index contributed by atoms with van der Waals surface area (Å²) in [5.74, 6) is 2.11. The lowest BCUT2D eigenvalue weighted by Gasteiger charge is -2.08. The van der Waals surface area contributed by atoms with E-state index < -0.39 is 0 Å². The van der Waals surface area contributed by atoms with Crippen LogP contribution < -0.4 is 10.1 Å². The monoisotopic (exact) mass is 357 g/mol. The van der Waals surface area contributed by atoms with Gasteiger partial charge in [0.05, 0.1) is 11.4 Å². The van der Waals surface area contributed by atoms with Gasteiger partial charge in [-0.2, -0.15) is 5.10 Å². The highest BCUT2D eigenvalue weighted by Crippen LogP contribution is 2.25. The van der Waals surface area contributed by atoms with Crippen molar-refractivity contribution in [2.45, 2.75) is 6.92 Å². The van der Waals surface area contributed by atoms with Gasteiger partial charge in [0.15, 0.2) is 0 Å². The van der Waals surface area contributed by atoms with Crippen molar-refractivity contribution < 1.29 is 4.74 Å². The van der Waals surface area contributed by atoms with Crippen LogP contribution in [0.4, 0.5) is 11.6 Å². The second-order valence-electron chi connectivity index (χ2n) is 6.13. The highest BCUT2D eigenvalue weighted by molar-refractivity contribution is 5.63. The van der Waals surface area contributed by atoms with Crippen molar-refractivity contribution >= 4 is 11.6 Å². The number of hydrogen-bond donors (Lipinski definition) is 1. The van der Waals surface area contributed by atoms with Crippen LogP contribution in [-0.4, -0.2) is 19.7 Å². The van der Waals surface area contributed by atoms with E-state index in [2.05, 4.69) is 20.4 Å². The van der Waals surface area contributed by atoms with E-state index in [1.54, 1.807) is 10.9 Å². The minimum atomic E-state index is 0.535. The number of hydrogen-bond acceptors (Lipinski definition) is 5. The summed E-state index contributed by atoms with van der Waals surface area (Å²) < 4.78 is 7.59. The Morgan fingerprint density at radius 2 is 1.67 bits per heavy atom. The van der Waals surface area contributed by atoms with E-state index in [4.69, 9.17) is 4.74 Å². The molecule has 0 bridgehead atoms. The van der Waals surface area contributed by atoms with Crippen LogP contribution in [0, 0.1) is 6.92 Å². The Morgan fingerprint density at radius 1 is 0.926 bits per heavy atom. The molecule has 4 rings (SSSR count). The Morgan fingerprint density at radius 3 is 2.37 bits per heavy atom. The maximum atomic E-state index is 5.81. The van der Waals surface area contributed by atoms with Gasteiger partial charge in [0.25, 0.3) is 0 Å². The molecular weight excluding hydrogens is 338 g/mol. The molecule has 0 amide bonds. The molecule has 0 spiro atoms. The van der Waals surface area contributed by atoms with Crippen molar-refractivity contribution in [1.29, 1.82) is 0 Å². The molecule has 0 saturated carbocycles. The summed E-state index contributed by atoms with van der Waals surface area (Å²) in [7, 11) is 1.90. The molecule has 6 nitrogen and oxygen atoms in total. The van der Waals surface area contributed by atoms with Crippen LogP contribution in [0.15, 0.2) is 73.1 Å². The lowest BCUT2D eigenvalue weighted by atomic mass is 10.2. The molecule has 2 aromatic heterocycles. The maximum Gasteiger partial charge on any atom is 0.227 e. The molecule has 0 aliphatic carbocycles. The van der Waals surface area contributed by atoms with Crippen molar-refractivity contribution in [3.63, 3.8) is 0 Å². The van der Waals surface area contributed by atoms with Crippen LogP contribution in [-0.2, 0) is 7.05 Å². The van der Waals surface area contributed by atoms with Crippen molar-refractivity contribution in [2.24, 2.45) is 7.05 Å². The minimum absolute atomic E-state index is 0.535. The molecule has 0 aliphatic rings. The first kappa shape index (κ1) is 16.8. The van der Waals surface area contributed by atoms with Crippen LogP contribution in [0.5, 0.6) is 11.5 Å². The molecule has 0 saturated heterocycles. The SMILES string of the molecule is Cc1nn(C)cc1-c1ccnc(Nc2ccc(Oc3ccccc3)cc2)n1. The lowest BCUT2D eigenvalue weighted by Crippen LogP contribution is -1.98. The number of anilines is 2. The van der Waals surface area contributed by atoms with E-state index >= 15 is 0 Å². The molecule has 0 unspecified atom stereocenters. The number of aromatic nitrogens is 4. The highest BCUT2D eigenvalue weighted by Gasteiger charge is 2.09. The smallest absolute Gasteiger partial charge is 0.227 e. The van der Waals surface area contributed by atoms with E-state index in [9.17, 15) is 0 Å². The fraction of sp³-hybridized carbons (Fsp3) is 0.0952. The molecule has 0 radical (unpaired) electrons. The van der Waals surface area contributed by atoms with Gasteiger partial charge in [0.2, 0.25) is 5.95 Å². The minimum Gasteiger partial charge on any atom is -0.457 e. The van der Waals surface area contributed by atoms with Gasteiger partial charge in [-0.15, -0.1) is 0 Å². The first-order chi connectivity index (χ1) is 13.2. The van der Waals surface area contributed by atoms with Gasteiger partial charge in [0.1, 0.15) is 11.5 Å². The first-order valence-corrected chi connectivity index (χ1v) is 8.61. The van der Waals surface area contributed by atoms with Gasteiger partial charge in [0, 0.05) is 30.7 Å². The third kappa shape index (κ3) is 3.95. The van der Waals surface area contributed by atoms with Crippen molar-refractivity contribution in [2.75, 3.05) is 5.32 Å². The molecule has 1 N–H and O–H groups in total. The quantitative estimate of drug-likeness (QED) is 0.560. The zero-order chi connectivity index (χ0) is 18.6. The van der Waals surface area contributed by atoms with Crippen molar-refractivity contribution in [3.05, 3.63) is 78.8 Å². The molecule has 0 atom stereocenters. The second kappa shape index (κ2) is 7.29. The average molecular weight is 357 g/mol. The number of rotatable bonds is 5. The molecule has 134 valence electrons. The molecule has 6 heteroatoms. The standard InChI is InChI=1S/C21H19N5O/c1-15-19(14-26(2)25-15)20-12-13-22-21(24-20)23-16-8-10-18(11-9-16)27-17-6-4-3-5-7-17/h3-14H,1-2H3,(H,22,23,24). The second-order valence-corrected chi connectivity index (χ2v) is 6.13. The van der Waals surface area contributed by atoms with Gasteiger partial charge in [-0.3, -0.25) is 4.68 Å². The van der Waals surface area contributed by atoms with Gasteiger partial charge in [-0.25, -0.2) is 9.97 Å². The van der Waals surface area contributed by atoms with E-state index in [-0.39, 0.29) is 0 Å². The van der Waals surface area contributed by atoms with Crippen LogP contribution in [0.3, 0.4) is 0 Å². The summed E-state index contributed by atoms with van der Waals surface area (Å²) >= 11 is 0. The first-order valence-electron chi connectivity index (χ1n) is 8.61. The predicted octanol–water partition coefficient (Wildman–Crippen LogP) is 4.72. The summed E-state index contributed by atoms with van der Waals surface area (Å²) in [6, 6.07) is 19.3. The van der Waals surface area contributed by atoms with Crippen LogP contribution in [0.25, 0.3) is 11.3 Å². The molecule has 27 heavy (non-hydrogen) atoms. The van der Waals surface area contributed by atoms with E-state index in [1.807, 2.05) is 80.8 Å². The van der Waals surface area contributed by atoms with Gasteiger partial charge in [-0.1, -0.05) is 18.2 Å². The number of aryl methyl sites for hydroxylation is 2.